The first-order valence-corrected chi connectivity index (χ1v) is 17.4. The van der Waals surface area contributed by atoms with E-state index in [4.69, 9.17) is 0 Å². The molecule has 0 saturated heterocycles. The second kappa shape index (κ2) is 9.94. The maximum Gasteiger partial charge on any atom is 0.0468 e. The Morgan fingerprint density at radius 1 is 0.367 bits per heavy atom. The fourth-order valence-corrected chi connectivity index (χ4v) is 9.31. The van der Waals surface area contributed by atoms with Crippen LogP contribution in [0.5, 0.6) is 0 Å². The van der Waals surface area contributed by atoms with Crippen LogP contribution in [0.25, 0.3) is 54.6 Å². The first kappa shape index (κ1) is 28.4. The monoisotopic (exact) mass is 627 g/mol. The second-order valence-corrected chi connectivity index (χ2v) is 15.0. The number of para-hydroxylation sites is 1. The van der Waals surface area contributed by atoms with Crippen LogP contribution in [0.1, 0.15) is 49.9 Å². The van der Waals surface area contributed by atoms with Gasteiger partial charge in [-0.3, -0.25) is 0 Å². The van der Waals surface area contributed by atoms with Gasteiger partial charge < -0.3 is 4.90 Å². The molecule has 2 aliphatic carbocycles. The van der Waals surface area contributed by atoms with Crippen LogP contribution in [0.4, 0.5) is 17.1 Å². The smallest absolute Gasteiger partial charge is 0.0468 e. The minimum atomic E-state index is -0.115. The van der Waals surface area contributed by atoms with E-state index in [9.17, 15) is 0 Å². The first-order chi connectivity index (χ1) is 23.8. The van der Waals surface area contributed by atoms with Gasteiger partial charge >= 0.3 is 0 Å². The van der Waals surface area contributed by atoms with Crippen LogP contribution in [0.3, 0.4) is 0 Å². The zero-order valence-corrected chi connectivity index (χ0v) is 28.4. The van der Waals surface area contributed by atoms with Crippen LogP contribution >= 0.6 is 0 Å². The highest BCUT2D eigenvalue weighted by molar-refractivity contribution is 6.05. The van der Waals surface area contributed by atoms with Crippen molar-refractivity contribution < 1.29 is 0 Å². The number of hydrogen-bond donors (Lipinski definition) is 0. The number of rotatable bonds is 3. The molecule has 0 fully saturated rings. The Morgan fingerprint density at radius 2 is 0.918 bits per heavy atom. The van der Waals surface area contributed by atoms with E-state index in [0.29, 0.717) is 0 Å². The molecule has 0 heterocycles. The lowest BCUT2D eigenvalue weighted by Gasteiger charge is -2.29. The molecule has 0 unspecified atom stereocenters. The van der Waals surface area contributed by atoms with Gasteiger partial charge in [-0.05, 0) is 113 Å². The minimum Gasteiger partial charge on any atom is -0.310 e. The Balaban J connectivity index is 1.14. The molecule has 0 radical (unpaired) electrons. The molecule has 1 nitrogen and oxygen atoms in total. The molecular formula is C48H37N. The normalized spacial score (nSPS) is 14.9. The van der Waals surface area contributed by atoms with Gasteiger partial charge in [0.05, 0.1) is 0 Å². The van der Waals surface area contributed by atoms with E-state index in [1.54, 1.807) is 0 Å². The average Bonchev–Trinajstić information content (AvgIpc) is 3.52. The quantitative estimate of drug-likeness (QED) is 0.188. The molecule has 49 heavy (non-hydrogen) atoms. The molecule has 2 aliphatic rings. The Labute approximate surface area is 288 Å². The summed E-state index contributed by atoms with van der Waals surface area (Å²) in [7, 11) is 0. The van der Waals surface area contributed by atoms with E-state index in [1.165, 1.54) is 82.5 Å². The van der Waals surface area contributed by atoms with Crippen LogP contribution in [-0.4, -0.2) is 0 Å². The molecule has 0 amide bonds. The lowest BCUT2D eigenvalue weighted by atomic mass is 9.78. The van der Waals surface area contributed by atoms with Crippen molar-refractivity contribution in [3.63, 3.8) is 0 Å². The van der Waals surface area contributed by atoms with Crippen molar-refractivity contribution in [3.05, 3.63) is 174 Å². The van der Waals surface area contributed by atoms with Crippen LogP contribution in [0.2, 0.25) is 0 Å². The molecule has 1 heteroatoms. The van der Waals surface area contributed by atoms with Crippen molar-refractivity contribution in [2.75, 3.05) is 4.90 Å². The highest BCUT2D eigenvalue weighted by atomic mass is 15.1. The fourth-order valence-electron chi connectivity index (χ4n) is 9.31. The molecule has 0 aromatic heterocycles. The lowest BCUT2D eigenvalue weighted by Crippen LogP contribution is -2.17. The molecular weight excluding hydrogens is 591 g/mol. The van der Waals surface area contributed by atoms with Gasteiger partial charge in [-0.25, -0.2) is 0 Å². The van der Waals surface area contributed by atoms with Gasteiger partial charge in [0.2, 0.25) is 0 Å². The number of nitrogens with zero attached hydrogens (tertiary/aromatic N) is 1. The van der Waals surface area contributed by atoms with Crippen molar-refractivity contribution >= 4 is 49.4 Å². The van der Waals surface area contributed by atoms with Crippen molar-refractivity contribution in [2.45, 2.75) is 38.5 Å². The molecule has 0 saturated carbocycles. The molecule has 8 aromatic carbocycles. The van der Waals surface area contributed by atoms with Gasteiger partial charge in [-0.15, -0.1) is 0 Å². The predicted molar refractivity (Wildman–Crippen MR) is 209 cm³/mol. The third-order valence-corrected chi connectivity index (χ3v) is 11.6. The van der Waals surface area contributed by atoms with Gasteiger partial charge in [-0.2, -0.15) is 0 Å². The topological polar surface area (TPSA) is 3.24 Å². The number of anilines is 3. The summed E-state index contributed by atoms with van der Waals surface area (Å²) in [5, 5.41) is 7.89. The van der Waals surface area contributed by atoms with E-state index in [2.05, 4.69) is 184 Å². The predicted octanol–water partition coefficient (Wildman–Crippen LogP) is 13.2. The Bertz CT molecular complexity index is 2660. The van der Waals surface area contributed by atoms with E-state index in [-0.39, 0.29) is 10.8 Å². The van der Waals surface area contributed by atoms with E-state index in [1.807, 2.05) is 0 Å². The standard InChI is InChI=1S/C48H37N/c1-47(2)42-27-20-30-12-8-10-16-36(30)44(42)41-26-22-35(29-43(41)47)49(33-14-6-5-7-15-33)34-21-25-38-32(28-34)19-24-40-39-23-18-31-13-9-11-17-37(31)45(39)48(3,4)46(38)40/h5-29H,1-4H3. The largest absolute Gasteiger partial charge is 0.310 e. The van der Waals surface area contributed by atoms with Crippen LogP contribution < -0.4 is 4.90 Å². The second-order valence-electron chi connectivity index (χ2n) is 15.0. The summed E-state index contributed by atoms with van der Waals surface area (Å²) in [5.74, 6) is 0. The molecule has 8 aromatic rings. The minimum absolute atomic E-state index is 0.109. The van der Waals surface area contributed by atoms with E-state index < -0.39 is 0 Å². The third kappa shape index (κ3) is 3.88. The van der Waals surface area contributed by atoms with Crippen LogP contribution in [-0.2, 0) is 10.8 Å². The summed E-state index contributed by atoms with van der Waals surface area (Å²) in [4.78, 5) is 2.43. The van der Waals surface area contributed by atoms with Crippen molar-refractivity contribution in [3.8, 4) is 22.3 Å². The molecule has 0 spiro atoms. The molecule has 10 rings (SSSR count). The Kier molecular flexibility index (Phi) is 5.75. The molecule has 0 atom stereocenters. The summed E-state index contributed by atoms with van der Waals surface area (Å²) in [6.45, 7) is 9.56. The maximum absolute atomic E-state index is 2.44. The maximum atomic E-state index is 2.44. The van der Waals surface area contributed by atoms with Gasteiger partial charge in [0.1, 0.15) is 0 Å². The molecule has 234 valence electrons. The summed E-state index contributed by atoms with van der Waals surface area (Å²) < 4.78 is 0. The Morgan fingerprint density at radius 3 is 1.67 bits per heavy atom. The van der Waals surface area contributed by atoms with Crippen molar-refractivity contribution in [2.24, 2.45) is 0 Å². The first-order valence-electron chi connectivity index (χ1n) is 17.4. The van der Waals surface area contributed by atoms with Crippen LogP contribution in [0, 0.1) is 0 Å². The average molecular weight is 628 g/mol. The fraction of sp³-hybridized carbons (Fsp3) is 0.125. The van der Waals surface area contributed by atoms with E-state index >= 15 is 0 Å². The van der Waals surface area contributed by atoms with Gasteiger partial charge in [-0.1, -0.05) is 143 Å². The third-order valence-electron chi connectivity index (χ3n) is 11.6. The highest BCUT2D eigenvalue weighted by Gasteiger charge is 2.39. The number of hydrogen-bond acceptors (Lipinski definition) is 1. The van der Waals surface area contributed by atoms with E-state index in [0.717, 1.165) is 11.4 Å². The molecule has 0 bridgehead atoms. The number of fused-ring (bicyclic) bond motifs is 12. The lowest BCUT2D eigenvalue weighted by molar-refractivity contribution is 0.661. The summed E-state index contributed by atoms with van der Waals surface area (Å²) in [6.07, 6.45) is 0. The summed E-state index contributed by atoms with van der Waals surface area (Å²) >= 11 is 0. The van der Waals surface area contributed by atoms with Crippen molar-refractivity contribution in [1.29, 1.82) is 0 Å². The Hall–Kier alpha value is -5.66. The zero-order valence-electron chi connectivity index (χ0n) is 28.4. The summed E-state index contributed by atoms with van der Waals surface area (Å²) in [5.41, 5.74) is 14.4. The molecule has 0 aliphatic heterocycles. The highest BCUT2D eigenvalue weighted by Crippen LogP contribution is 2.55. The van der Waals surface area contributed by atoms with Gasteiger partial charge in [0.25, 0.3) is 0 Å². The number of benzene rings is 8. The summed E-state index contributed by atoms with van der Waals surface area (Å²) in [6, 6.07) is 56.6. The van der Waals surface area contributed by atoms with Gasteiger partial charge in [0.15, 0.2) is 0 Å². The van der Waals surface area contributed by atoms with Gasteiger partial charge in [0, 0.05) is 27.9 Å². The van der Waals surface area contributed by atoms with Crippen LogP contribution in [0.15, 0.2) is 152 Å². The molecule has 0 N–H and O–H groups in total. The zero-order chi connectivity index (χ0) is 33.1. The van der Waals surface area contributed by atoms with Crippen molar-refractivity contribution in [1.82, 2.24) is 0 Å². The SMILES string of the molecule is CC1(C)c2cc(N(c3ccccc3)c3ccc4c5c(ccc4c3)-c3ccc4ccccc4c3C5(C)C)ccc2-c2c1ccc1ccccc21.